The topological polar surface area (TPSA) is 91.7 Å². The number of carbonyl (C=O) groups excluding carboxylic acids is 1. The Morgan fingerprint density at radius 3 is 1.50 bits per heavy atom. The van der Waals surface area contributed by atoms with Crippen LogP contribution in [0.25, 0.3) is 0 Å². The highest BCUT2D eigenvalue weighted by Gasteiger charge is 1.93. The van der Waals surface area contributed by atoms with E-state index in [0.717, 1.165) is 50.4 Å². The van der Waals surface area contributed by atoms with Gasteiger partial charge in [0.25, 0.3) is 0 Å². The number of rotatable bonds is 9. The first kappa shape index (κ1) is 24.1. The SMILES string of the molecule is CCCCCC(=O)O.CCCCCC(=O)O.O=Cc1ccccc1. The lowest BCUT2D eigenvalue weighted by Gasteiger charge is -1.89. The summed E-state index contributed by atoms with van der Waals surface area (Å²) in [5.41, 5.74) is 0.729. The molecule has 1 rings (SSSR count). The van der Waals surface area contributed by atoms with Gasteiger partial charge in [-0.15, -0.1) is 0 Å². The predicted octanol–water partition coefficient (Wildman–Crippen LogP) is 4.80. The Morgan fingerprint density at radius 1 is 0.833 bits per heavy atom. The molecule has 5 nitrogen and oxygen atoms in total. The van der Waals surface area contributed by atoms with E-state index in [4.69, 9.17) is 10.2 Å². The first-order chi connectivity index (χ1) is 11.5. The molecule has 24 heavy (non-hydrogen) atoms. The molecular formula is C19H30O5. The van der Waals surface area contributed by atoms with Crippen molar-refractivity contribution in [2.45, 2.75) is 65.2 Å². The minimum Gasteiger partial charge on any atom is -0.481 e. The number of hydrogen-bond acceptors (Lipinski definition) is 3. The lowest BCUT2D eigenvalue weighted by molar-refractivity contribution is -0.138. The molecule has 0 aliphatic rings. The molecule has 0 atom stereocenters. The molecule has 0 saturated heterocycles. The van der Waals surface area contributed by atoms with Crippen molar-refractivity contribution in [3.8, 4) is 0 Å². The van der Waals surface area contributed by atoms with Crippen LogP contribution in [0.4, 0.5) is 0 Å². The van der Waals surface area contributed by atoms with Gasteiger partial charge in [-0.1, -0.05) is 69.9 Å². The van der Waals surface area contributed by atoms with E-state index >= 15 is 0 Å². The molecular weight excluding hydrogens is 308 g/mol. The Balaban J connectivity index is 0. The van der Waals surface area contributed by atoms with Crippen molar-refractivity contribution in [2.24, 2.45) is 0 Å². The molecule has 0 unspecified atom stereocenters. The van der Waals surface area contributed by atoms with E-state index in [-0.39, 0.29) is 0 Å². The van der Waals surface area contributed by atoms with Crippen LogP contribution in [0.3, 0.4) is 0 Å². The molecule has 0 aromatic heterocycles. The highest BCUT2D eigenvalue weighted by molar-refractivity contribution is 5.74. The van der Waals surface area contributed by atoms with E-state index in [9.17, 15) is 14.4 Å². The third-order valence-corrected chi connectivity index (χ3v) is 2.92. The molecule has 0 saturated carbocycles. The maximum absolute atomic E-state index is 10.0. The van der Waals surface area contributed by atoms with Crippen LogP contribution in [0.15, 0.2) is 30.3 Å². The average Bonchev–Trinajstić information content (AvgIpc) is 2.57. The Bertz CT molecular complexity index is 409. The van der Waals surface area contributed by atoms with Crippen molar-refractivity contribution in [3.63, 3.8) is 0 Å². The Hall–Kier alpha value is -2.17. The van der Waals surface area contributed by atoms with Gasteiger partial charge >= 0.3 is 11.9 Å². The number of unbranched alkanes of at least 4 members (excludes halogenated alkanes) is 4. The Labute approximate surface area is 144 Å². The van der Waals surface area contributed by atoms with Crippen molar-refractivity contribution in [3.05, 3.63) is 35.9 Å². The molecule has 0 bridgehead atoms. The molecule has 1 aromatic carbocycles. The van der Waals surface area contributed by atoms with Gasteiger partial charge in [0, 0.05) is 18.4 Å². The monoisotopic (exact) mass is 338 g/mol. The zero-order valence-electron chi connectivity index (χ0n) is 14.7. The summed E-state index contributed by atoms with van der Waals surface area (Å²) in [7, 11) is 0. The van der Waals surface area contributed by atoms with Gasteiger partial charge in [0.2, 0.25) is 0 Å². The molecule has 1 aromatic rings. The second-order valence-corrected chi connectivity index (χ2v) is 5.23. The zero-order valence-corrected chi connectivity index (χ0v) is 14.7. The summed E-state index contributed by atoms with van der Waals surface area (Å²) < 4.78 is 0. The number of aliphatic carboxylic acids is 2. The summed E-state index contributed by atoms with van der Waals surface area (Å²) in [4.78, 5) is 29.8. The summed E-state index contributed by atoms with van der Waals surface area (Å²) >= 11 is 0. The van der Waals surface area contributed by atoms with E-state index in [1.807, 2.05) is 18.2 Å². The van der Waals surface area contributed by atoms with Crippen LogP contribution in [0.2, 0.25) is 0 Å². The largest absolute Gasteiger partial charge is 0.481 e. The fourth-order valence-electron chi connectivity index (χ4n) is 1.58. The lowest BCUT2D eigenvalue weighted by atomic mass is 10.2. The summed E-state index contributed by atoms with van der Waals surface area (Å²) in [5.74, 6) is -1.36. The van der Waals surface area contributed by atoms with Crippen LogP contribution in [-0.4, -0.2) is 28.4 Å². The standard InChI is InChI=1S/C7H6O.2C6H12O2/c8-6-7-4-2-1-3-5-7;2*1-2-3-4-5-6(7)8/h1-6H;2*2-5H2,1H3,(H,7,8). The van der Waals surface area contributed by atoms with Gasteiger partial charge in [0.15, 0.2) is 0 Å². The number of carboxylic acids is 2. The van der Waals surface area contributed by atoms with Crippen molar-refractivity contribution >= 4 is 18.2 Å². The first-order valence-electron chi connectivity index (χ1n) is 8.41. The lowest BCUT2D eigenvalue weighted by Crippen LogP contribution is -1.92. The third kappa shape index (κ3) is 22.1. The van der Waals surface area contributed by atoms with E-state index in [1.54, 1.807) is 12.1 Å². The molecule has 5 heteroatoms. The summed E-state index contributed by atoms with van der Waals surface area (Å²) in [6, 6.07) is 9.10. The van der Waals surface area contributed by atoms with Gasteiger partial charge in [-0.25, -0.2) is 0 Å². The zero-order chi connectivity index (χ0) is 18.6. The molecule has 2 N–H and O–H groups in total. The van der Waals surface area contributed by atoms with Crippen LogP contribution in [-0.2, 0) is 9.59 Å². The minimum atomic E-state index is -0.682. The average molecular weight is 338 g/mol. The van der Waals surface area contributed by atoms with Crippen LogP contribution in [0.5, 0.6) is 0 Å². The maximum Gasteiger partial charge on any atom is 0.303 e. The predicted molar refractivity (Wildman–Crippen MR) is 95.4 cm³/mol. The normalized spacial score (nSPS) is 8.92. The van der Waals surface area contributed by atoms with Crippen molar-refractivity contribution < 1.29 is 24.6 Å². The van der Waals surface area contributed by atoms with Crippen molar-refractivity contribution in [2.75, 3.05) is 0 Å². The number of aldehydes is 1. The quantitative estimate of drug-likeness (QED) is 0.498. The summed E-state index contributed by atoms with van der Waals surface area (Å²) in [6.07, 6.45) is 7.39. The highest BCUT2D eigenvalue weighted by atomic mass is 16.4. The molecule has 0 heterocycles. The molecule has 0 aliphatic heterocycles. The van der Waals surface area contributed by atoms with Gasteiger partial charge in [0.1, 0.15) is 6.29 Å². The van der Waals surface area contributed by atoms with Crippen molar-refractivity contribution in [1.82, 2.24) is 0 Å². The summed E-state index contributed by atoms with van der Waals surface area (Å²) in [6.45, 7) is 4.11. The fourth-order valence-corrected chi connectivity index (χ4v) is 1.58. The van der Waals surface area contributed by atoms with Crippen LogP contribution >= 0.6 is 0 Å². The van der Waals surface area contributed by atoms with E-state index in [1.165, 1.54) is 0 Å². The van der Waals surface area contributed by atoms with Gasteiger partial charge < -0.3 is 10.2 Å². The number of carboxylic acid groups (broad SMARTS) is 2. The minimum absolute atomic E-state index is 0.327. The molecule has 0 spiro atoms. The van der Waals surface area contributed by atoms with Crippen molar-refractivity contribution in [1.29, 1.82) is 0 Å². The van der Waals surface area contributed by atoms with Gasteiger partial charge in [-0.05, 0) is 12.8 Å². The van der Waals surface area contributed by atoms with E-state index in [2.05, 4.69) is 13.8 Å². The summed E-state index contributed by atoms with van der Waals surface area (Å²) in [5, 5.41) is 16.3. The maximum atomic E-state index is 10.0. The van der Waals surface area contributed by atoms with Crippen LogP contribution in [0.1, 0.15) is 75.6 Å². The van der Waals surface area contributed by atoms with Gasteiger partial charge in [0.05, 0.1) is 0 Å². The van der Waals surface area contributed by atoms with E-state index in [0.29, 0.717) is 12.8 Å². The molecule has 0 radical (unpaired) electrons. The first-order valence-corrected chi connectivity index (χ1v) is 8.41. The Morgan fingerprint density at radius 2 is 1.25 bits per heavy atom. The second-order valence-electron chi connectivity index (χ2n) is 5.23. The molecule has 0 aliphatic carbocycles. The fraction of sp³-hybridized carbons (Fsp3) is 0.526. The number of carbonyl (C=O) groups is 3. The van der Waals surface area contributed by atoms with Gasteiger partial charge in [-0.3, -0.25) is 14.4 Å². The highest BCUT2D eigenvalue weighted by Crippen LogP contribution is 1.97. The van der Waals surface area contributed by atoms with Gasteiger partial charge in [-0.2, -0.15) is 0 Å². The number of benzene rings is 1. The molecule has 136 valence electrons. The Kier molecular flexibility index (Phi) is 18.9. The molecule has 0 amide bonds. The third-order valence-electron chi connectivity index (χ3n) is 2.92. The molecule has 0 fully saturated rings. The van der Waals surface area contributed by atoms with E-state index < -0.39 is 11.9 Å². The second kappa shape index (κ2) is 18.9. The number of hydrogen-bond donors (Lipinski definition) is 2. The smallest absolute Gasteiger partial charge is 0.303 e. The van der Waals surface area contributed by atoms with Crippen LogP contribution in [0, 0.1) is 0 Å². The van der Waals surface area contributed by atoms with Crippen LogP contribution < -0.4 is 0 Å².